The molecule has 3 N–H and O–H groups in total. The summed E-state index contributed by atoms with van der Waals surface area (Å²) in [6.07, 6.45) is 1.58. The summed E-state index contributed by atoms with van der Waals surface area (Å²) < 4.78 is 0. The van der Waals surface area contributed by atoms with Crippen LogP contribution in [0.25, 0.3) is 0 Å². The van der Waals surface area contributed by atoms with Crippen molar-refractivity contribution in [2.24, 2.45) is 5.73 Å². The topological polar surface area (TPSA) is 55.1 Å². The van der Waals surface area contributed by atoms with Gasteiger partial charge in [0.2, 0.25) is 5.91 Å². The zero-order valence-electron chi connectivity index (χ0n) is 11.7. The van der Waals surface area contributed by atoms with E-state index in [0.29, 0.717) is 6.42 Å². The average molecular weight is 303 g/mol. The number of thioether (sulfide) groups is 1. The van der Waals surface area contributed by atoms with Gasteiger partial charge in [-0.25, -0.2) is 0 Å². The van der Waals surface area contributed by atoms with E-state index in [-0.39, 0.29) is 18.3 Å². The molecule has 1 atom stereocenters. The Morgan fingerprint density at radius 3 is 2.68 bits per heavy atom. The summed E-state index contributed by atoms with van der Waals surface area (Å²) in [5.41, 5.74) is 6.01. The van der Waals surface area contributed by atoms with Gasteiger partial charge in [0.25, 0.3) is 0 Å². The Balaban J connectivity index is 0.00000324. The highest BCUT2D eigenvalue weighted by Gasteiger charge is 2.27. The number of hydrogen-bond acceptors (Lipinski definition) is 3. The van der Waals surface area contributed by atoms with Crippen molar-refractivity contribution in [1.82, 2.24) is 0 Å². The molecule has 0 saturated heterocycles. The number of amides is 1. The van der Waals surface area contributed by atoms with Crippen LogP contribution in [0.1, 0.15) is 33.6 Å². The third-order valence-electron chi connectivity index (χ3n) is 2.69. The Bertz CT molecular complexity index is 410. The monoisotopic (exact) mass is 302 g/mol. The number of carbonyl (C=O) groups excluding carboxylic acids is 1. The van der Waals surface area contributed by atoms with Crippen LogP contribution in [-0.2, 0) is 4.79 Å². The largest absolute Gasteiger partial charge is 0.324 e. The Kier molecular flexibility index (Phi) is 8.14. The molecule has 0 bridgehead atoms. The standard InChI is InChI=1S/C14H22N2OS.ClH/c1-4-9-14(3,15)13(17)16-11-7-6-8-12(10-11)18-5-2;/h6-8,10H,4-5,9,15H2,1-3H3,(H,16,17);1H. The number of nitrogens with one attached hydrogen (secondary N) is 1. The second-order valence-corrected chi connectivity index (χ2v) is 5.92. The minimum absolute atomic E-state index is 0. The van der Waals surface area contributed by atoms with Gasteiger partial charge in [-0.1, -0.05) is 26.3 Å². The summed E-state index contributed by atoms with van der Waals surface area (Å²) in [5.74, 6) is 0.893. The van der Waals surface area contributed by atoms with Gasteiger partial charge in [0.1, 0.15) is 0 Å². The number of anilines is 1. The molecule has 0 heterocycles. The van der Waals surface area contributed by atoms with Crippen molar-refractivity contribution in [3.63, 3.8) is 0 Å². The maximum Gasteiger partial charge on any atom is 0.244 e. The Morgan fingerprint density at radius 1 is 1.42 bits per heavy atom. The van der Waals surface area contributed by atoms with Crippen molar-refractivity contribution in [3.05, 3.63) is 24.3 Å². The van der Waals surface area contributed by atoms with Crippen LogP contribution in [-0.4, -0.2) is 17.2 Å². The Morgan fingerprint density at radius 2 is 2.11 bits per heavy atom. The molecular weight excluding hydrogens is 280 g/mol. The van der Waals surface area contributed by atoms with Gasteiger partial charge in [0.05, 0.1) is 5.54 Å². The first kappa shape index (κ1) is 18.3. The highest BCUT2D eigenvalue weighted by molar-refractivity contribution is 7.99. The van der Waals surface area contributed by atoms with Crippen LogP contribution in [0.4, 0.5) is 5.69 Å². The normalized spacial score (nSPS) is 13.3. The van der Waals surface area contributed by atoms with Crippen LogP contribution in [0.5, 0.6) is 0 Å². The van der Waals surface area contributed by atoms with Gasteiger partial charge < -0.3 is 11.1 Å². The first-order chi connectivity index (χ1) is 8.49. The lowest BCUT2D eigenvalue weighted by Crippen LogP contribution is -2.48. The van der Waals surface area contributed by atoms with Gasteiger partial charge >= 0.3 is 0 Å². The lowest BCUT2D eigenvalue weighted by molar-refractivity contribution is -0.120. The van der Waals surface area contributed by atoms with Gasteiger partial charge in [-0.05, 0) is 37.3 Å². The Labute approximate surface area is 126 Å². The molecule has 0 aliphatic carbocycles. The zero-order valence-corrected chi connectivity index (χ0v) is 13.4. The third-order valence-corrected chi connectivity index (χ3v) is 3.57. The summed E-state index contributed by atoms with van der Waals surface area (Å²) >= 11 is 1.75. The zero-order chi connectivity index (χ0) is 13.6. The summed E-state index contributed by atoms with van der Waals surface area (Å²) in [5, 5.41) is 2.89. The molecule has 0 fully saturated rings. The second-order valence-electron chi connectivity index (χ2n) is 4.58. The molecule has 1 rings (SSSR count). The van der Waals surface area contributed by atoms with Crippen LogP contribution in [0.2, 0.25) is 0 Å². The van der Waals surface area contributed by atoms with Crippen LogP contribution in [0.15, 0.2) is 29.2 Å². The maximum absolute atomic E-state index is 12.1. The van der Waals surface area contributed by atoms with E-state index < -0.39 is 5.54 Å². The first-order valence-corrected chi connectivity index (χ1v) is 7.31. The van der Waals surface area contributed by atoms with Crippen molar-refractivity contribution in [1.29, 1.82) is 0 Å². The van der Waals surface area contributed by atoms with E-state index in [1.807, 2.05) is 31.2 Å². The SMILES string of the molecule is CCCC(C)(N)C(=O)Nc1cccc(SCC)c1.Cl. The molecule has 108 valence electrons. The number of hydrogen-bond donors (Lipinski definition) is 2. The van der Waals surface area contributed by atoms with E-state index in [9.17, 15) is 4.79 Å². The number of carbonyl (C=O) groups is 1. The number of halogens is 1. The summed E-state index contributed by atoms with van der Waals surface area (Å²) in [6.45, 7) is 5.90. The molecule has 1 aromatic carbocycles. The van der Waals surface area contributed by atoms with E-state index >= 15 is 0 Å². The second kappa shape index (κ2) is 8.46. The van der Waals surface area contributed by atoms with Gasteiger partial charge in [0, 0.05) is 10.6 Å². The maximum atomic E-state index is 12.1. The van der Waals surface area contributed by atoms with Crippen molar-refractivity contribution in [2.75, 3.05) is 11.1 Å². The number of benzene rings is 1. The van der Waals surface area contributed by atoms with Crippen LogP contribution >= 0.6 is 24.2 Å². The van der Waals surface area contributed by atoms with Gasteiger partial charge in [0.15, 0.2) is 0 Å². The first-order valence-electron chi connectivity index (χ1n) is 6.32. The van der Waals surface area contributed by atoms with E-state index in [1.54, 1.807) is 18.7 Å². The van der Waals surface area contributed by atoms with E-state index in [1.165, 1.54) is 0 Å². The van der Waals surface area contributed by atoms with Crippen molar-refractivity contribution in [2.45, 2.75) is 44.0 Å². The molecule has 0 saturated carbocycles. The van der Waals surface area contributed by atoms with Crippen molar-refractivity contribution >= 4 is 35.8 Å². The minimum atomic E-state index is -0.803. The van der Waals surface area contributed by atoms with Crippen molar-refractivity contribution in [3.8, 4) is 0 Å². The fourth-order valence-corrected chi connectivity index (χ4v) is 2.46. The Hall–Kier alpha value is -0.710. The third kappa shape index (κ3) is 5.85. The van der Waals surface area contributed by atoms with Gasteiger partial charge in [-0.3, -0.25) is 4.79 Å². The molecule has 0 spiro atoms. The summed E-state index contributed by atoms with van der Waals surface area (Å²) in [6, 6.07) is 7.85. The molecule has 1 unspecified atom stereocenters. The minimum Gasteiger partial charge on any atom is -0.324 e. The van der Waals surface area contributed by atoms with E-state index in [2.05, 4.69) is 12.2 Å². The molecule has 19 heavy (non-hydrogen) atoms. The lowest BCUT2D eigenvalue weighted by atomic mass is 9.96. The fourth-order valence-electron chi connectivity index (χ4n) is 1.74. The van der Waals surface area contributed by atoms with Crippen molar-refractivity contribution < 1.29 is 4.79 Å². The predicted molar refractivity (Wildman–Crippen MR) is 86.2 cm³/mol. The molecule has 0 aromatic heterocycles. The summed E-state index contributed by atoms with van der Waals surface area (Å²) in [4.78, 5) is 13.2. The molecular formula is C14H23ClN2OS. The molecule has 3 nitrogen and oxygen atoms in total. The smallest absolute Gasteiger partial charge is 0.244 e. The fraction of sp³-hybridized carbons (Fsp3) is 0.500. The van der Waals surface area contributed by atoms with E-state index in [4.69, 9.17) is 5.73 Å². The average Bonchev–Trinajstić information content (AvgIpc) is 2.29. The molecule has 0 aliphatic heterocycles. The molecule has 1 aromatic rings. The van der Waals surface area contributed by atoms with Gasteiger partial charge in [-0.2, -0.15) is 0 Å². The number of rotatable bonds is 6. The summed E-state index contributed by atoms with van der Waals surface area (Å²) in [7, 11) is 0. The highest BCUT2D eigenvalue weighted by Crippen LogP contribution is 2.22. The quantitative estimate of drug-likeness (QED) is 0.788. The molecule has 0 radical (unpaired) electrons. The van der Waals surface area contributed by atoms with Gasteiger partial charge in [-0.15, -0.1) is 24.2 Å². The van der Waals surface area contributed by atoms with Crippen LogP contribution < -0.4 is 11.1 Å². The van der Waals surface area contributed by atoms with E-state index in [0.717, 1.165) is 22.8 Å². The predicted octanol–water partition coefficient (Wildman–Crippen LogP) is 3.68. The molecule has 5 heteroatoms. The van der Waals surface area contributed by atoms with Crippen LogP contribution in [0.3, 0.4) is 0 Å². The van der Waals surface area contributed by atoms with Crippen LogP contribution in [0, 0.1) is 0 Å². The molecule has 1 amide bonds. The highest BCUT2D eigenvalue weighted by atomic mass is 35.5. The number of nitrogens with two attached hydrogens (primary N) is 1. The lowest BCUT2D eigenvalue weighted by Gasteiger charge is -2.22. The molecule has 0 aliphatic rings.